The molecule has 0 aliphatic rings. The molecular formula is C9H11ClN2O2. The third-order valence-corrected chi connectivity index (χ3v) is 1.56. The Labute approximate surface area is 88.3 Å². The van der Waals surface area contributed by atoms with Crippen molar-refractivity contribution in [2.45, 2.75) is 0 Å². The summed E-state index contributed by atoms with van der Waals surface area (Å²) in [6.07, 6.45) is 1.96. The van der Waals surface area contributed by atoms with E-state index in [1.54, 1.807) is 18.2 Å². The number of nitrogens with one attached hydrogen (secondary N) is 2. The molecule has 0 saturated heterocycles. The summed E-state index contributed by atoms with van der Waals surface area (Å²) in [5.41, 5.74) is 0.586. The van der Waals surface area contributed by atoms with Crippen LogP contribution in [-0.2, 0) is 0 Å². The molecule has 1 aromatic rings. The van der Waals surface area contributed by atoms with E-state index in [4.69, 9.17) is 20.3 Å². The molecule has 0 spiro atoms. The Bertz CT molecular complexity index is 329. The highest BCUT2D eigenvalue weighted by Crippen LogP contribution is 2.29. The number of rotatable bonds is 4. The maximum Gasteiger partial charge on any atom is 0.179 e. The summed E-state index contributed by atoms with van der Waals surface area (Å²) in [6, 6.07) is 5.19. The minimum atomic E-state index is 0. The Balaban J connectivity index is 0.00000169. The van der Waals surface area contributed by atoms with Crippen LogP contribution < -0.4 is 9.47 Å². The molecule has 0 aromatic heterocycles. The van der Waals surface area contributed by atoms with Crippen molar-refractivity contribution in [3.63, 3.8) is 0 Å². The predicted molar refractivity (Wildman–Crippen MR) is 57.5 cm³/mol. The predicted octanol–water partition coefficient (Wildman–Crippen LogP) is 2.10. The van der Waals surface area contributed by atoms with Gasteiger partial charge < -0.3 is 14.9 Å². The lowest BCUT2D eigenvalue weighted by molar-refractivity contribution is 0.393. The van der Waals surface area contributed by atoms with Crippen LogP contribution in [0.25, 0.3) is 0 Å². The fourth-order valence-corrected chi connectivity index (χ4v) is 0.992. The molecule has 0 aliphatic heterocycles. The molecule has 0 heterocycles. The van der Waals surface area contributed by atoms with Gasteiger partial charge in [-0.2, -0.15) is 0 Å². The van der Waals surface area contributed by atoms with E-state index in [2.05, 4.69) is 0 Å². The number of hydrogen-bond donors (Lipinski definition) is 2. The summed E-state index contributed by atoms with van der Waals surface area (Å²) in [4.78, 5) is 0. The Morgan fingerprint density at radius 2 is 2.00 bits per heavy atom. The number of halogens is 1. The van der Waals surface area contributed by atoms with Crippen molar-refractivity contribution >= 4 is 25.0 Å². The maximum absolute atomic E-state index is 7.10. The minimum absolute atomic E-state index is 0. The van der Waals surface area contributed by atoms with Crippen LogP contribution in [0.2, 0.25) is 0 Å². The highest BCUT2D eigenvalue weighted by molar-refractivity contribution is 5.85. The quantitative estimate of drug-likeness (QED) is 0.596. The van der Waals surface area contributed by atoms with Crippen molar-refractivity contribution in [1.29, 1.82) is 10.8 Å². The first-order valence-electron chi connectivity index (χ1n) is 3.66. The molecule has 0 fully saturated rings. The zero-order valence-corrected chi connectivity index (χ0v) is 8.43. The van der Waals surface area contributed by atoms with Gasteiger partial charge in [0.1, 0.15) is 0 Å². The number of methoxy groups -OCH3 is 1. The molecule has 4 nitrogen and oxygen atoms in total. The lowest BCUT2D eigenvalue weighted by Gasteiger charge is -2.08. The maximum atomic E-state index is 7.10. The molecule has 0 bridgehead atoms. The van der Waals surface area contributed by atoms with Crippen LogP contribution in [0.4, 0.5) is 0 Å². The zero-order chi connectivity index (χ0) is 9.68. The van der Waals surface area contributed by atoms with E-state index in [1.807, 2.05) is 0 Å². The fourth-order valence-electron chi connectivity index (χ4n) is 0.992. The first kappa shape index (κ1) is 12.4. The Morgan fingerprint density at radius 3 is 2.50 bits per heavy atom. The lowest BCUT2D eigenvalue weighted by atomic mass is 10.2. The van der Waals surface area contributed by atoms with Crippen molar-refractivity contribution < 1.29 is 9.47 Å². The van der Waals surface area contributed by atoms with E-state index in [0.29, 0.717) is 17.1 Å². The summed E-state index contributed by atoms with van der Waals surface area (Å²) < 4.78 is 9.92. The van der Waals surface area contributed by atoms with E-state index in [9.17, 15) is 0 Å². The van der Waals surface area contributed by atoms with Crippen LogP contribution in [0.5, 0.6) is 11.5 Å². The van der Waals surface area contributed by atoms with Crippen LogP contribution in [0.3, 0.4) is 0 Å². The van der Waals surface area contributed by atoms with Crippen molar-refractivity contribution in [3.05, 3.63) is 23.8 Å². The molecule has 0 unspecified atom stereocenters. The van der Waals surface area contributed by atoms with Gasteiger partial charge in [-0.25, -0.2) is 0 Å². The largest absolute Gasteiger partial charge is 0.493 e. The first-order valence-corrected chi connectivity index (χ1v) is 3.66. The molecule has 5 heteroatoms. The van der Waals surface area contributed by atoms with Crippen molar-refractivity contribution in [1.82, 2.24) is 0 Å². The Kier molecular flexibility index (Phi) is 5.33. The second-order valence-electron chi connectivity index (χ2n) is 2.26. The van der Waals surface area contributed by atoms with Gasteiger partial charge in [0.2, 0.25) is 0 Å². The number of benzene rings is 1. The molecule has 76 valence electrons. The summed E-state index contributed by atoms with van der Waals surface area (Å²) in [5, 5.41) is 13.9. The van der Waals surface area contributed by atoms with E-state index in [-0.39, 0.29) is 12.4 Å². The third kappa shape index (κ3) is 2.47. The van der Waals surface area contributed by atoms with Gasteiger partial charge in [0.15, 0.2) is 17.9 Å². The average molecular weight is 215 g/mol. The van der Waals surface area contributed by atoms with Gasteiger partial charge in [-0.05, 0) is 12.1 Å². The minimum Gasteiger partial charge on any atom is -0.493 e. The van der Waals surface area contributed by atoms with E-state index in [1.165, 1.54) is 7.11 Å². The van der Waals surface area contributed by atoms with Crippen LogP contribution >= 0.6 is 12.4 Å². The van der Waals surface area contributed by atoms with E-state index >= 15 is 0 Å². The van der Waals surface area contributed by atoms with Crippen LogP contribution in [-0.4, -0.2) is 19.7 Å². The van der Waals surface area contributed by atoms with Gasteiger partial charge in [0.05, 0.1) is 7.11 Å². The first-order chi connectivity index (χ1) is 6.33. The fraction of sp³-hybridized carbons (Fsp3) is 0.111. The monoisotopic (exact) mass is 214 g/mol. The third-order valence-electron chi connectivity index (χ3n) is 1.56. The topological polar surface area (TPSA) is 66.2 Å². The number of para-hydroxylation sites is 1. The van der Waals surface area contributed by atoms with E-state index in [0.717, 1.165) is 12.6 Å². The van der Waals surface area contributed by atoms with E-state index < -0.39 is 0 Å². The molecule has 0 saturated carbocycles. The summed E-state index contributed by atoms with van der Waals surface area (Å²) >= 11 is 0. The Hall–Kier alpha value is -1.55. The smallest absolute Gasteiger partial charge is 0.179 e. The summed E-state index contributed by atoms with van der Waals surface area (Å²) in [7, 11) is 1.51. The van der Waals surface area contributed by atoms with Gasteiger partial charge in [0, 0.05) is 11.8 Å². The molecule has 2 N–H and O–H groups in total. The van der Waals surface area contributed by atoms with Crippen LogP contribution in [0.1, 0.15) is 5.56 Å². The number of ether oxygens (including phenoxy) is 2. The van der Waals surface area contributed by atoms with Crippen molar-refractivity contribution in [2.24, 2.45) is 0 Å². The van der Waals surface area contributed by atoms with Crippen molar-refractivity contribution in [2.75, 3.05) is 7.11 Å². The van der Waals surface area contributed by atoms with Gasteiger partial charge in [0.25, 0.3) is 0 Å². The van der Waals surface area contributed by atoms with Crippen LogP contribution in [0.15, 0.2) is 18.2 Å². The standard InChI is InChI=1S/C9H10N2O2.ClH/c1-12-8-4-2-3-7(5-10)9(8)13-6-11;/h2-6,10-11H,1H3;1H. The molecular weight excluding hydrogens is 204 g/mol. The van der Waals surface area contributed by atoms with Gasteiger partial charge in [-0.15, -0.1) is 12.4 Å². The Morgan fingerprint density at radius 1 is 1.29 bits per heavy atom. The molecule has 0 aliphatic carbocycles. The molecule has 0 atom stereocenters. The molecule has 1 aromatic carbocycles. The summed E-state index contributed by atoms with van der Waals surface area (Å²) in [6.45, 7) is 0. The second kappa shape index (κ2) is 5.99. The van der Waals surface area contributed by atoms with Crippen LogP contribution in [0, 0.1) is 10.8 Å². The van der Waals surface area contributed by atoms with Gasteiger partial charge >= 0.3 is 0 Å². The molecule has 0 amide bonds. The lowest BCUT2D eigenvalue weighted by Crippen LogP contribution is -1.96. The SMILES string of the molecule is COc1cccc(C=N)c1OC=N.Cl. The molecule has 14 heavy (non-hydrogen) atoms. The molecule has 1 rings (SSSR count). The normalized spacial score (nSPS) is 8.36. The molecule has 0 radical (unpaired) electrons. The summed E-state index contributed by atoms with van der Waals surface area (Å²) in [5.74, 6) is 0.916. The van der Waals surface area contributed by atoms with Gasteiger partial charge in [-0.3, -0.25) is 5.41 Å². The van der Waals surface area contributed by atoms with Gasteiger partial charge in [-0.1, -0.05) is 6.07 Å². The number of hydrogen-bond acceptors (Lipinski definition) is 4. The zero-order valence-electron chi connectivity index (χ0n) is 7.61. The highest BCUT2D eigenvalue weighted by Gasteiger charge is 2.07. The highest BCUT2D eigenvalue weighted by atomic mass is 35.5. The van der Waals surface area contributed by atoms with Crippen molar-refractivity contribution in [3.8, 4) is 11.5 Å². The average Bonchev–Trinajstić information content (AvgIpc) is 2.18. The second-order valence-corrected chi connectivity index (χ2v) is 2.26.